The average molecular weight is 230 g/mol. The maximum absolute atomic E-state index is 11.4. The fourth-order valence-electron chi connectivity index (χ4n) is 2.00. The second-order valence-electron chi connectivity index (χ2n) is 3.57. The second kappa shape index (κ2) is 3.53. The van der Waals surface area contributed by atoms with Crippen molar-refractivity contribution in [3.8, 4) is 0 Å². The van der Waals surface area contributed by atoms with Crippen LogP contribution >= 0.6 is 10.2 Å². The van der Waals surface area contributed by atoms with E-state index in [0.29, 0.717) is 18.7 Å². The van der Waals surface area contributed by atoms with Crippen molar-refractivity contribution < 1.29 is 14.7 Å². The number of carbonyl (C=O) groups is 2. The monoisotopic (exact) mass is 230 g/mol. The molecule has 0 bridgehead atoms. The molecule has 0 aromatic carbocycles. The molecule has 2 atom stereocenters. The van der Waals surface area contributed by atoms with Gasteiger partial charge in [-0.25, -0.2) is 4.79 Å². The minimum Gasteiger partial charge on any atom is -0.473 e. The molecule has 2 rings (SSSR count). The molecule has 2 aliphatic heterocycles. The molecule has 84 valence electrons. The summed E-state index contributed by atoms with van der Waals surface area (Å²) in [6.45, 7) is 2.51. The number of rotatable bonds is 2. The molecular weight excluding hydrogens is 216 g/mol. The van der Waals surface area contributed by atoms with Gasteiger partial charge in [0.25, 0.3) is 0 Å². The maximum Gasteiger partial charge on any atom is 0.361 e. The zero-order chi connectivity index (χ0) is 11.1. The van der Waals surface area contributed by atoms with Gasteiger partial charge in [0.1, 0.15) is 0 Å². The zero-order valence-electron chi connectivity index (χ0n) is 8.47. The Balaban J connectivity index is 2.29. The average Bonchev–Trinajstić information content (AvgIpc) is 2.19. The van der Waals surface area contributed by atoms with Crippen LogP contribution in [0.1, 0.15) is 13.3 Å². The molecule has 6 heteroatoms. The zero-order valence-corrected chi connectivity index (χ0v) is 9.29. The highest BCUT2D eigenvalue weighted by Crippen LogP contribution is 2.57. The van der Waals surface area contributed by atoms with Crippen LogP contribution in [0.4, 0.5) is 4.79 Å². The lowest BCUT2D eigenvalue weighted by molar-refractivity contribution is -0.137. The van der Waals surface area contributed by atoms with Crippen molar-refractivity contribution in [1.82, 2.24) is 9.62 Å². The highest BCUT2D eigenvalue weighted by Gasteiger charge is 2.52. The van der Waals surface area contributed by atoms with Gasteiger partial charge in [0, 0.05) is 18.5 Å². The maximum atomic E-state index is 11.4. The Morgan fingerprint density at radius 2 is 2.53 bits per heavy atom. The van der Waals surface area contributed by atoms with E-state index in [1.165, 1.54) is 0 Å². The Morgan fingerprint density at radius 3 is 3.07 bits per heavy atom. The minimum absolute atomic E-state index is 0.0204. The number of carboxylic acid groups (broad SMARTS) is 1. The molecule has 2 unspecified atom stereocenters. The number of fused-ring (bicyclic) bond motifs is 1. The minimum atomic E-state index is -1.95. The van der Waals surface area contributed by atoms with Crippen molar-refractivity contribution in [2.24, 2.45) is 0 Å². The summed E-state index contributed by atoms with van der Waals surface area (Å²) in [5.41, 5.74) is 0. The summed E-state index contributed by atoms with van der Waals surface area (Å²) in [4.78, 5) is 24.2. The fraction of sp³-hybridized carbons (Fsp3) is 0.556. The molecule has 0 radical (unpaired) electrons. The molecule has 1 fully saturated rings. The van der Waals surface area contributed by atoms with E-state index in [9.17, 15) is 14.7 Å². The fourth-order valence-corrected chi connectivity index (χ4v) is 4.94. The summed E-state index contributed by atoms with van der Waals surface area (Å²) >= 11 is 0. The van der Waals surface area contributed by atoms with Crippen LogP contribution in [-0.2, 0) is 4.79 Å². The van der Waals surface area contributed by atoms with Gasteiger partial charge in [-0.3, -0.25) is 9.52 Å². The lowest BCUT2D eigenvalue weighted by Crippen LogP contribution is -2.58. The van der Waals surface area contributed by atoms with Crippen molar-refractivity contribution >= 4 is 21.4 Å². The lowest BCUT2D eigenvalue weighted by atomic mass is 10.2. The van der Waals surface area contributed by atoms with Gasteiger partial charge >= 0.3 is 5.30 Å². The summed E-state index contributed by atoms with van der Waals surface area (Å²) in [5.74, 6) is 0.539. The Morgan fingerprint density at radius 1 is 1.80 bits per heavy atom. The largest absolute Gasteiger partial charge is 0.473 e. The molecule has 1 saturated heterocycles. The third-order valence-electron chi connectivity index (χ3n) is 2.75. The van der Waals surface area contributed by atoms with Gasteiger partial charge in [-0.05, 0) is 0 Å². The first-order chi connectivity index (χ1) is 7.12. The first-order valence-electron chi connectivity index (χ1n) is 4.87. The van der Waals surface area contributed by atoms with E-state index in [2.05, 4.69) is 4.72 Å². The van der Waals surface area contributed by atoms with Gasteiger partial charge in [-0.15, -0.1) is 0 Å². The van der Waals surface area contributed by atoms with Crippen molar-refractivity contribution in [3.05, 3.63) is 12.3 Å². The molecule has 0 aromatic heterocycles. The summed E-state index contributed by atoms with van der Waals surface area (Å²) in [6.07, 6.45) is 3.85. The molecule has 0 saturated carbocycles. The predicted molar refractivity (Wildman–Crippen MR) is 58.6 cm³/mol. The number of amides is 1. The first-order valence-corrected chi connectivity index (χ1v) is 6.73. The van der Waals surface area contributed by atoms with Gasteiger partial charge in [0.2, 0.25) is 5.91 Å². The van der Waals surface area contributed by atoms with Crippen LogP contribution in [0.25, 0.3) is 0 Å². The molecule has 2 aliphatic rings. The molecule has 5 nitrogen and oxygen atoms in total. The third-order valence-corrected chi connectivity index (χ3v) is 6.22. The van der Waals surface area contributed by atoms with E-state index in [1.807, 2.05) is 6.92 Å². The number of nitrogens with one attached hydrogen (secondary N) is 1. The number of nitrogens with zero attached hydrogens (tertiary/aromatic N) is 1. The predicted octanol–water partition coefficient (Wildman–Crippen LogP) is 1.08. The van der Waals surface area contributed by atoms with E-state index in [4.69, 9.17) is 0 Å². The first kappa shape index (κ1) is 10.5. The highest BCUT2D eigenvalue weighted by atomic mass is 32.3. The number of hydrogen-bond acceptors (Lipinski definition) is 3. The molecular formula is C9H14N2O3S. The van der Waals surface area contributed by atoms with Gasteiger partial charge in [-0.2, -0.15) is 0 Å². The molecule has 2 N–H and O–H groups in total. The van der Waals surface area contributed by atoms with Crippen LogP contribution in [0.3, 0.4) is 0 Å². The summed E-state index contributed by atoms with van der Waals surface area (Å²) in [5, 5.41) is 8.39. The molecule has 0 spiro atoms. The van der Waals surface area contributed by atoms with Crippen LogP contribution < -0.4 is 4.72 Å². The van der Waals surface area contributed by atoms with Crippen LogP contribution in [0.2, 0.25) is 0 Å². The molecule has 15 heavy (non-hydrogen) atoms. The van der Waals surface area contributed by atoms with Gasteiger partial charge in [0.15, 0.2) is 0 Å². The Bertz CT molecular complexity index is 344. The number of carbonyl (C=O) groups excluding carboxylic acids is 1. The van der Waals surface area contributed by atoms with E-state index in [0.717, 1.165) is 0 Å². The number of β-lactam (4-membered cyclic amide) rings is 1. The van der Waals surface area contributed by atoms with E-state index in [1.54, 1.807) is 17.2 Å². The molecule has 0 aromatic rings. The Hall–Kier alpha value is -1.01. The van der Waals surface area contributed by atoms with E-state index in [-0.39, 0.29) is 11.3 Å². The second-order valence-corrected chi connectivity index (χ2v) is 6.67. The Kier molecular flexibility index (Phi) is 2.47. The molecule has 0 aliphatic carbocycles. The van der Waals surface area contributed by atoms with Gasteiger partial charge in [-0.1, -0.05) is 23.2 Å². The van der Waals surface area contributed by atoms with Crippen molar-refractivity contribution in [3.63, 3.8) is 0 Å². The van der Waals surface area contributed by atoms with Crippen LogP contribution in [-0.4, -0.2) is 38.9 Å². The quantitative estimate of drug-likeness (QED) is 0.696. The topological polar surface area (TPSA) is 69.6 Å². The van der Waals surface area contributed by atoms with Crippen molar-refractivity contribution in [2.45, 2.75) is 18.7 Å². The standard InChI is InChI=1S/C9H14N2O3S/c1-2-10-15(9(13)14)5-3-4-11-7(12)6-8(11)15/h3-4,8,10H,2,5-6H2,1H3,(H,13,14). The van der Waals surface area contributed by atoms with Crippen LogP contribution in [0, 0.1) is 0 Å². The smallest absolute Gasteiger partial charge is 0.361 e. The van der Waals surface area contributed by atoms with Crippen molar-refractivity contribution in [2.75, 3.05) is 12.3 Å². The normalized spacial score (nSPS) is 37.8. The summed E-state index contributed by atoms with van der Waals surface area (Å²) < 4.78 is 3.09. The summed E-state index contributed by atoms with van der Waals surface area (Å²) in [6, 6.07) is 0. The van der Waals surface area contributed by atoms with E-state index >= 15 is 0 Å². The number of hydrogen-bond donors (Lipinski definition) is 2. The van der Waals surface area contributed by atoms with Gasteiger partial charge < -0.3 is 10.0 Å². The Labute approximate surface area is 89.6 Å². The lowest BCUT2D eigenvalue weighted by Gasteiger charge is -2.53. The third kappa shape index (κ3) is 1.36. The highest BCUT2D eigenvalue weighted by molar-refractivity contribution is 8.44. The van der Waals surface area contributed by atoms with Gasteiger partial charge in [0.05, 0.1) is 11.8 Å². The van der Waals surface area contributed by atoms with Crippen molar-refractivity contribution in [1.29, 1.82) is 0 Å². The molecule has 1 amide bonds. The summed E-state index contributed by atoms with van der Waals surface area (Å²) in [7, 11) is -1.95. The van der Waals surface area contributed by atoms with E-state index < -0.39 is 15.5 Å². The molecule has 2 heterocycles. The SMILES string of the molecule is CCNS1(C(=O)O)CC=CN2C(=O)CC21. The van der Waals surface area contributed by atoms with Crippen LogP contribution in [0.5, 0.6) is 0 Å². The van der Waals surface area contributed by atoms with Crippen LogP contribution in [0.15, 0.2) is 12.3 Å².